The zero-order chi connectivity index (χ0) is 12.3. The molecule has 1 aliphatic carbocycles. The van der Waals surface area contributed by atoms with Crippen molar-refractivity contribution in [3.05, 3.63) is 33.8 Å². The van der Waals surface area contributed by atoms with E-state index in [0.717, 1.165) is 22.9 Å². The van der Waals surface area contributed by atoms with E-state index >= 15 is 0 Å². The molecule has 4 heteroatoms. The third-order valence-electron chi connectivity index (χ3n) is 3.06. The number of rotatable bonds is 3. The second-order valence-electron chi connectivity index (χ2n) is 4.41. The Morgan fingerprint density at radius 2 is 2.12 bits per heavy atom. The van der Waals surface area contributed by atoms with Crippen LogP contribution in [0.25, 0.3) is 0 Å². The molecular weight excluding hydrogens is 282 g/mol. The second kappa shape index (κ2) is 5.65. The van der Waals surface area contributed by atoms with E-state index in [1.807, 2.05) is 25.1 Å². The molecule has 0 saturated heterocycles. The van der Waals surface area contributed by atoms with Crippen molar-refractivity contribution in [3.8, 4) is 0 Å². The highest BCUT2D eigenvalue weighted by atomic mass is 79.9. The summed E-state index contributed by atoms with van der Waals surface area (Å²) >= 11 is 3.36. The van der Waals surface area contributed by atoms with Gasteiger partial charge in [0.15, 0.2) is 0 Å². The molecular formula is C13H16BrNO2. The second-order valence-corrected chi connectivity index (χ2v) is 5.33. The van der Waals surface area contributed by atoms with Crippen LogP contribution in [0.3, 0.4) is 0 Å². The standard InChI is InChI=1S/C13H16BrNO2/c1-9-6-7-10(14)8-12(9)13(16)15-17-11-4-2-3-5-11/h6-8,11H,2-5H2,1H3,(H,15,16). The van der Waals surface area contributed by atoms with E-state index in [2.05, 4.69) is 21.4 Å². The molecule has 1 aromatic rings. The molecule has 0 aromatic heterocycles. The van der Waals surface area contributed by atoms with Crippen molar-refractivity contribution in [2.75, 3.05) is 0 Å². The van der Waals surface area contributed by atoms with Gasteiger partial charge < -0.3 is 0 Å². The molecule has 0 bridgehead atoms. The average molecular weight is 298 g/mol. The highest BCUT2D eigenvalue weighted by Gasteiger charge is 2.17. The Balaban J connectivity index is 1.96. The van der Waals surface area contributed by atoms with E-state index in [9.17, 15) is 4.79 Å². The maximum Gasteiger partial charge on any atom is 0.275 e. The number of amides is 1. The predicted molar refractivity (Wildman–Crippen MR) is 69.7 cm³/mol. The molecule has 1 saturated carbocycles. The monoisotopic (exact) mass is 297 g/mol. The van der Waals surface area contributed by atoms with Crippen LogP contribution in [0.5, 0.6) is 0 Å². The number of hydrogen-bond donors (Lipinski definition) is 1. The third-order valence-corrected chi connectivity index (χ3v) is 3.56. The minimum atomic E-state index is -0.171. The SMILES string of the molecule is Cc1ccc(Br)cc1C(=O)NOC1CCCC1. The van der Waals surface area contributed by atoms with Crippen molar-refractivity contribution >= 4 is 21.8 Å². The van der Waals surface area contributed by atoms with E-state index in [1.165, 1.54) is 12.8 Å². The lowest BCUT2D eigenvalue weighted by atomic mass is 10.1. The Morgan fingerprint density at radius 1 is 1.41 bits per heavy atom. The van der Waals surface area contributed by atoms with E-state index in [0.29, 0.717) is 5.56 Å². The fourth-order valence-electron chi connectivity index (χ4n) is 2.04. The van der Waals surface area contributed by atoms with Gasteiger partial charge in [0, 0.05) is 10.0 Å². The highest BCUT2D eigenvalue weighted by molar-refractivity contribution is 9.10. The van der Waals surface area contributed by atoms with E-state index < -0.39 is 0 Å². The van der Waals surface area contributed by atoms with Crippen LogP contribution in [0.2, 0.25) is 0 Å². The average Bonchev–Trinajstić information content (AvgIpc) is 2.82. The van der Waals surface area contributed by atoms with Crippen LogP contribution in [0.4, 0.5) is 0 Å². The lowest BCUT2D eigenvalue weighted by Crippen LogP contribution is -2.28. The zero-order valence-electron chi connectivity index (χ0n) is 9.83. The van der Waals surface area contributed by atoms with Crippen LogP contribution in [0.15, 0.2) is 22.7 Å². The Labute approximate surface area is 110 Å². The van der Waals surface area contributed by atoms with Crippen molar-refractivity contribution in [3.63, 3.8) is 0 Å². The molecule has 0 atom stereocenters. The van der Waals surface area contributed by atoms with Gasteiger partial charge in [-0.05, 0) is 37.5 Å². The number of hydrogen-bond acceptors (Lipinski definition) is 2. The summed E-state index contributed by atoms with van der Waals surface area (Å²) in [6, 6.07) is 5.64. The van der Waals surface area contributed by atoms with E-state index in [-0.39, 0.29) is 12.0 Å². The zero-order valence-corrected chi connectivity index (χ0v) is 11.4. The summed E-state index contributed by atoms with van der Waals surface area (Å²) in [6.45, 7) is 1.91. The largest absolute Gasteiger partial charge is 0.275 e. The number of nitrogens with one attached hydrogen (secondary N) is 1. The lowest BCUT2D eigenvalue weighted by Gasteiger charge is -2.12. The first-order valence-corrected chi connectivity index (χ1v) is 6.68. The summed E-state index contributed by atoms with van der Waals surface area (Å²) < 4.78 is 0.897. The van der Waals surface area contributed by atoms with Crippen LogP contribution in [0, 0.1) is 6.92 Å². The molecule has 17 heavy (non-hydrogen) atoms. The number of aryl methyl sites for hydroxylation is 1. The molecule has 1 fully saturated rings. The fourth-order valence-corrected chi connectivity index (χ4v) is 2.40. The summed E-state index contributed by atoms with van der Waals surface area (Å²) in [5.41, 5.74) is 4.14. The Hall–Kier alpha value is -0.870. The van der Waals surface area contributed by atoms with Crippen LogP contribution in [0.1, 0.15) is 41.6 Å². The first-order valence-electron chi connectivity index (χ1n) is 5.89. The van der Waals surface area contributed by atoms with Crippen molar-refractivity contribution in [2.45, 2.75) is 38.7 Å². The molecule has 92 valence electrons. The molecule has 1 aliphatic rings. The van der Waals surface area contributed by atoms with Gasteiger partial charge in [-0.1, -0.05) is 34.8 Å². The van der Waals surface area contributed by atoms with Gasteiger partial charge in [-0.3, -0.25) is 9.63 Å². The maximum atomic E-state index is 11.9. The van der Waals surface area contributed by atoms with E-state index in [1.54, 1.807) is 0 Å². The molecule has 1 amide bonds. The van der Waals surface area contributed by atoms with Crippen LogP contribution >= 0.6 is 15.9 Å². The summed E-state index contributed by atoms with van der Waals surface area (Å²) in [4.78, 5) is 17.3. The molecule has 1 N–H and O–H groups in total. The molecule has 0 heterocycles. The first-order chi connectivity index (χ1) is 8.16. The van der Waals surface area contributed by atoms with Gasteiger partial charge in [-0.25, -0.2) is 5.48 Å². The normalized spacial score (nSPS) is 16.1. The number of benzene rings is 1. The quantitative estimate of drug-likeness (QED) is 0.869. The maximum absolute atomic E-state index is 11.9. The molecule has 0 aliphatic heterocycles. The van der Waals surface area contributed by atoms with Crippen molar-refractivity contribution in [1.29, 1.82) is 0 Å². The van der Waals surface area contributed by atoms with Crippen molar-refractivity contribution < 1.29 is 9.63 Å². The number of carbonyl (C=O) groups excluding carboxylic acids is 1. The number of hydroxylamine groups is 1. The van der Waals surface area contributed by atoms with E-state index in [4.69, 9.17) is 4.84 Å². The Morgan fingerprint density at radius 3 is 2.82 bits per heavy atom. The molecule has 3 nitrogen and oxygen atoms in total. The molecule has 0 spiro atoms. The van der Waals surface area contributed by atoms with Gasteiger partial charge in [0.1, 0.15) is 0 Å². The predicted octanol–water partition coefficient (Wildman–Crippen LogP) is 3.36. The van der Waals surface area contributed by atoms with Crippen molar-refractivity contribution in [1.82, 2.24) is 5.48 Å². The van der Waals surface area contributed by atoms with Crippen LogP contribution in [-0.2, 0) is 4.84 Å². The molecule has 1 aromatic carbocycles. The van der Waals surface area contributed by atoms with Crippen molar-refractivity contribution in [2.24, 2.45) is 0 Å². The van der Waals surface area contributed by atoms with Gasteiger partial charge in [0.05, 0.1) is 6.10 Å². The van der Waals surface area contributed by atoms with Crippen LogP contribution < -0.4 is 5.48 Å². The lowest BCUT2D eigenvalue weighted by molar-refractivity contribution is -0.0125. The fraction of sp³-hybridized carbons (Fsp3) is 0.462. The molecule has 0 unspecified atom stereocenters. The Bertz CT molecular complexity index is 414. The van der Waals surface area contributed by atoms with Gasteiger partial charge in [-0.2, -0.15) is 0 Å². The number of halogens is 1. The summed E-state index contributed by atoms with van der Waals surface area (Å²) in [5.74, 6) is -0.171. The minimum absolute atomic E-state index is 0.171. The first kappa shape index (κ1) is 12.6. The topological polar surface area (TPSA) is 38.3 Å². The molecule has 2 rings (SSSR count). The number of carbonyl (C=O) groups is 1. The smallest absolute Gasteiger partial charge is 0.270 e. The van der Waals surface area contributed by atoms with Gasteiger partial charge in [-0.15, -0.1) is 0 Å². The molecule has 0 radical (unpaired) electrons. The minimum Gasteiger partial charge on any atom is -0.270 e. The van der Waals surface area contributed by atoms with Gasteiger partial charge >= 0.3 is 0 Å². The Kier molecular flexibility index (Phi) is 4.18. The summed E-state index contributed by atoms with van der Waals surface area (Å²) in [5, 5.41) is 0. The highest BCUT2D eigenvalue weighted by Crippen LogP contribution is 2.20. The van der Waals surface area contributed by atoms with Gasteiger partial charge in [0.2, 0.25) is 0 Å². The third kappa shape index (κ3) is 3.30. The van der Waals surface area contributed by atoms with Crippen LogP contribution in [-0.4, -0.2) is 12.0 Å². The summed E-state index contributed by atoms with van der Waals surface area (Å²) in [6.07, 6.45) is 4.65. The summed E-state index contributed by atoms with van der Waals surface area (Å²) in [7, 11) is 0. The van der Waals surface area contributed by atoms with Gasteiger partial charge in [0.25, 0.3) is 5.91 Å².